The molecule has 0 aromatic heterocycles. The Balaban J connectivity index is 5.06. The van der Waals surface area contributed by atoms with Crippen molar-refractivity contribution in [3.8, 4) is 0 Å². The van der Waals surface area contributed by atoms with Gasteiger partial charge in [-0.3, -0.25) is 0 Å². The molecule has 0 heterocycles. The average Bonchev–Trinajstić information content (AvgIpc) is 1.95. The fraction of sp³-hybridized carbons (Fsp3) is 0.667. The molecule has 5 heteroatoms. The molecule has 0 rings (SSSR count). The third-order valence-electron chi connectivity index (χ3n) is 1.97. The van der Waals surface area contributed by atoms with E-state index < -0.39 is 10.0 Å². The van der Waals surface area contributed by atoms with Crippen molar-refractivity contribution in [3.63, 3.8) is 0 Å². The molecule has 4 nitrogen and oxygen atoms in total. The van der Waals surface area contributed by atoms with Crippen LogP contribution < -0.4 is 0 Å². The summed E-state index contributed by atoms with van der Waals surface area (Å²) in [6.07, 6.45) is 2.58. The number of allylic oxidation sites excluding steroid dienone is 1. The van der Waals surface area contributed by atoms with Crippen LogP contribution in [0.3, 0.4) is 0 Å². The molecule has 0 saturated carbocycles. The van der Waals surface area contributed by atoms with Crippen molar-refractivity contribution in [1.29, 1.82) is 0 Å². The molecule has 14 heavy (non-hydrogen) atoms. The predicted octanol–water partition coefficient (Wildman–Crippen LogP) is 1.81. The van der Waals surface area contributed by atoms with Gasteiger partial charge in [0.25, 0.3) is 10.0 Å². The molecule has 0 aromatic carbocycles. The van der Waals surface area contributed by atoms with Crippen LogP contribution in [0.25, 0.3) is 0 Å². The molecule has 0 N–H and O–H groups in total. The first kappa shape index (κ1) is 13.2. The van der Waals surface area contributed by atoms with Gasteiger partial charge >= 0.3 is 0 Å². The molecule has 0 amide bonds. The van der Waals surface area contributed by atoms with Gasteiger partial charge in [0.15, 0.2) is 0 Å². The zero-order chi connectivity index (χ0) is 11.6. The van der Waals surface area contributed by atoms with Gasteiger partial charge in [-0.15, -0.1) is 0 Å². The van der Waals surface area contributed by atoms with E-state index in [0.29, 0.717) is 0 Å². The second-order valence-corrected chi connectivity index (χ2v) is 6.08. The first-order chi connectivity index (χ1) is 6.09. The lowest BCUT2D eigenvalue weighted by molar-refractivity contribution is 0.475. The van der Waals surface area contributed by atoms with Crippen molar-refractivity contribution in [3.05, 3.63) is 11.8 Å². The molecule has 0 unspecified atom stereocenters. The van der Waals surface area contributed by atoms with Crippen LogP contribution in [-0.2, 0) is 10.0 Å². The lowest BCUT2D eigenvalue weighted by Crippen LogP contribution is -2.20. The van der Waals surface area contributed by atoms with Gasteiger partial charge in [-0.2, -0.15) is 9.52 Å². The van der Waals surface area contributed by atoms with Gasteiger partial charge in [0.1, 0.15) is 0 Å². The Morgan fingerprint density at radius 1 is 1.43 bits per heavy atom. The number of rotatable bonds is 3. The molecule has 0 fully saturated rings. The molecule has 0 atom stereocenters. The van der Waals surface area contributed by atoms with Gasteiger partial charge in [-0.1, -0.05) is 20.8 Å². The van der Waals surface area contributed by atoms with Gasteiger partial charge < -0.3 is 0 Å². The molecular weight excluding hydrogens is 200 g/mol. The maximum atomic E-state index is 11.2. The number of sulfonamides is 1. The third kappa shape index (κ3) is 3.91. The summed E-state index contributed by atoms with van der Waals surface area (Å²) >= 11 is 0. The molecule has 0 aliphatic heterocycles. The van der Waals surface area contributed by atoms with E-state index in [0.717, 1.165) is 16.2 Å². The van der Waals surface area contributed by atoms with Crippen molar-refractivity contribution in [2.75, 3.05) is 6.26 Å². The van der Waals surface area contributed by atoms with Crippen molar-refractivity contribution < 1.29 is 8.42 Å². The van der Waals surface area contributed by atoms with Crippen LogP contribution in [0.4, 0.5) is 0 Å². The van der Waals surface area contributed by atoms with Crippen LogP contribution in [0, 0.1) is 5.41 Å². The summed E-state index contributed by atoms with van der Waals surface area (Å²) in [4.78, 5) is 0. The van der Waals surface area contributed by atoms with E-state index in [1.54, 1.807) is 0 Å². The summed E-state index contributed by atoms with van der Waals surface area (Å²) < 4.78 is 23.2. The van der Waals surface area contributed by atoms with Crippen molar-refractivity contribution in [2.45, 2.75) is 27.7 Å². The molecule has 0 bridgehead atoms. The Kier molecular flexibility index (Phi) is 3.88. The number of hydrogen-bond acceptors (Lipinski definition) is 3. The SMILES string of the molecule is C=NN(/C=C(\C)C(C)(C)C)S(C)(=O)=O. The zero-order valence-electron chi connectivity index (χ0n) is 9.40. The average molecular weight is 218 g/mol. The molecule has 0 aliphatic carbocycles. The summed E-state index contributed by atoms with van der Waals surface area (Å²) in [6, 6.07) is 0. The Labute approximate surface area is 86.4 Å². The Hall–Kier alpha value is -0.840. The molecule has 82 valence electrons. The molecule has 0 aliphatic rings. The summed E-state index contributed by atoms with van der Waals surface area (Å²) in [7, 11) is -3.34. The first-order valence-electron chi connectivity index (χ1n) is 4.24. The molecule has 0 aromatic rings. The fourth-order valence-corrected chi connectivity index (χ4v) is 1.16. The van der Waals surface area contributed by atoms with Crippen molar-refractivity contribution in [1.82, 2.24) is 4.41 Å². The van der Waals surface area contributed by atoms with E-state index in [4.69, 9.17) is 0 Å². The largest absolute Gasteiger partial charge is 0.250 e. The van der Waals surface area contributed by atoms with Gasteiger partial charge in [0, 0.05) is 12.9 Å². The minimum atomic E-state index is -3.34. The lowest BCUT2D eigenvalue weighted by Gasteiger charge is -2.21. The van der Waals surface area contributed by atoms with Crippen molar-refractivity contribution in [2.24, 2.45) is 10.5 Å². The topological polar surface area (TPSA) is 49.7 Å². The van der Waals surface area contributed by atoms with Crippen LogP contribution in [-0.4, -0.2) is 25.8 Å². The van der Waals surface area contributed by atoms with Crippen LogP contribution in [0.2, 0.25) is 0 Å². The predicted molar refractivity (Wildman–Crippen MR) is 59.4 cm³/mol. The van der Waals surface area contributed by atoms with E-state index in [1.165, 1.54) is 6.20 Å². The molecule has 0 radical (unpaired) electrons. The van der Waals surface area contributed by atoms with Gasteiger partial charge in [-0.05, 0) is 17.9 Å². The van der Waals surface area contributed by atoms with E-state index in [9.17, 15) is 8.42 Å². The van der Waals surface area contributed by atoms with E-state index >= 15 is 0 Å². The molecule has 0 spiro atoms. The second kappa shape index (κ2) is 4.13. The quantitative estimate of drug-likeness (QED) is 0.536. The van der Waals surface area contributed by atoms with Crippen LogP contribution in [0.5, 0.6) is 0 Å². The summed E-state index contributed by atoms with van der Waals surface area (Å²) in [5, 5.41) is 3.43. The van der Waals surface area contributed by atoms with Crippen molar-refractivity contribution >= 4 is 16.7 Å². The standard InChI is InChI=1S/C9H18N2O2S/c1-8(9(2,3)4)7-11(10-5)14(6,12)13/h7H,5H2,1-4,6H3/b8-7+. The van der Waals surface area contributed by atoms with E-state index in [-0.39, 0.29) is 5.41 Å². The maximum Gasteiger partial charge on any atom is 0.250 e. The van der Waals surface area contributed by atoms with Crippen LogP contribution >= 0.6 is 0 Å². The highest BCUT2D eigenvalue weighted by Crippen LogP contribution is 2.25. The van der Waals surface area contributed by atoms with Crippen LogP contribution in [0.15, 0.2) is 16.9 Å². The molecule has 0 saturated heterocycles. The first-order valence-corrected chi connectivity index (χ1v) is 6.09. The Morgan fingerprint density at radius 3 is 2.07 bits per heavy atom. The monoisotopic (exact) mass is 218 g/mol. The molecular formula is C9H18N2O2S. The van der Waals surface area contributed by atoms with Crippen LogP contribution in [0.1, 0.15) is 27.7 Å². The number of hydrazone groups is 1. The lowest BCUT2D eigenvalue weighted by atomic mass is 9.88. The maximum absolute atomic E-state index is 11.2. The van der Waals surface area contributed by atoms with E-state index in [1.807, 2.05) is 27.7 Å². The van der Waals surface area contributed by atoms with E-state index in [2.05, 4.69) is 11.8 Å². The minimum absolute atomic E-state index is 0.0758. The Bertz CT molecular complexity index is 336. The zero-order valence-corrected chi connectivity index (χ0v) is 10.2. The number of nitrogens with zero attached hydrogens (tertiary/aromatic N) is 2. The van der Waals surface area contributed by atoms with Gasteiger partial charge in [-0.25, -0.2) is 8.42 Å². The summed E-state index contributed by atoms with van der Waals surface area (Å²) in [6.45, 7) is 11.1. The minimum Gasteiger partial charge on any atom is -0.205 e. The summed E-state index contributed by atoms with van der Waals surface area (Å²) in [5.41, 5.74) is 0.850. The Morgan fingerprint density at radius 2 is 1.86 bits per heavy atom. The van der Waals surface area contributed by atoms with Gasteiger partial charge in [0.05, 0.1) is 6.26 Å². The number of hydrogen-bond donors (Lipinski definition) is 0. The summed E-state index contributed by atoms with van der Waals surface area (Å²) in [5.74, 6) is 0. The fourth-order valence-electron chi connectivity index (χ4n) is 0.601. The van der Waals surface area contributed by atoms with Gasteiger partial charge in [0.2, 0.25) is 0 Å². The smallest absolute Gasteiger partial charge is 0.205 e. The highest BCUT2D eigenvalue weighted by Gasteiger charge is 2.17. The second-order valence-electron chi connectivity index (χ2n) is 4.24. The normalized spacial score (nSPS) is 13.9. The highest BCUT2D eigenvalue weighted by atomic mass is 32.2. The third-order valence-corrected chi connectivity index (χ3v) is 2.87. The highest BCUT2D eigenvalue weighted by molar-refractivity contribution is 7.88.